The molecule has 104 valence electrons. The molecule has 1 aromatic rings. The van der Waals surface area contributed by atoms with Gasteiger partial charge in [0.1, 0.15) is 12.2 Å². The molecule has 6 nitrogen and oxygen atoms in total. The molecule has 2 rings (SSSR count). The molecule has 0 heterocycles. The predicted octanol–water partition coefficient (Wildman–Crippen LogP) is 1.79. The number of nitro groups is 1. The molecule has 3 atom stereocenters. The Morgan fingerprint density at radius 1 is 1.53 bits per heavy atom. The maximum Gasteiger partial charge on any atom is 0.311 e. The monoisotopic (exact) mass is 266 g/mol. The van der Waals surface area contributed by atoms with Crippen LogP contribution >= 0.6 is 0 Å². The van der Waals surface area contributed by atoms with Gasteiger partial charge in [-0.15, -0.1) is 0 Å². The molecule has 6 heteroatoms. The number of ether oxygens (including phenoxy) is 2. The highest BCUT2D eigenvalue weighted by atomic mass is 16.6. The highest BCUT2D eigenvalue weighted by Crippen LogP contribution is 2.35. The molecule has 1 aliphatic carbocycles. The lowest BCUT2D eigenvalue weighted by molar-refractivity contribution is -0.386. The van der Waals surface area contributed by atoms with Crippen LogP contribution in [-0.2, 0) is 4.74 Å². The molecule has 1 aromatic carbocycles. The van der Waals surface area contributed by atoms with Crippen LogP contribution in [0, 0.1) is 17.0 Å². The first kappa shape index (κ1) is 13.8. The third-order valence-electron chi connectivity index (χ3n) is 3.31. The van der Waals surface area contributed by atoms with Crippen LogP contribution in [0.3, 0.4) is 0 Å². The van der Waals surface area contributed by atoms with Crippen LogP contribution in [0.4, 0.5) is 5.69 Å². The minimum atomic E-state index is -0.434. The number of aryl methyl sites for hydroxylation is 1. The lowest BCUT2D eigenvalue weighted by Crippen LogP contribution is -2.59. The Morgan fingerprint density at radius 3 is 2.84 bits per heavy atom. The summed E-state index contributed by atoms with van der Waals surface area (Å²) in [5.74, 6) is 0.314. The summed E-state index contributed by atoms with van der Waals surface area (Å²) < 4.78 is 11.3. The normalized spacial score (nSPS) is 25.7. The van der Waals surface area contributed by atoms with Gasteiger partial charge in [0.2, 0.25) is 0 Å². The van der Waals surface area contributed by atoms with Crippen LogP contribution in [0.15, 0.2) is 18.2 Å². The van der Waals surface area contributed by atoms with Gasteiger partial charge in [-0.05, 0) is 19.4 Å². The molecule has 0 bridgehead atoms. The predicted molar refractivity (Wildman–Crippen MR) is 70.3 cm³/mol. The summed E-state index contributed by atoms with van der Waals surface area (Å²) >= 11 is 0. The molecule has 2 N–H and O–H groups in total. The average Bonchev–Trinajstić information content (AvgIpc) is 2.37. The van der Waals surface area contributed by atoms with Crippen molar-refractivity contribution in [3.05, 3.63) is 33.9 Å². The second-order valence-electron chi connectivity index (χ2n) is 4.66. The van der Waals surface area contributed by atoms with Gasteiger partial charge in [-0.3, -0.25) is 10.1 Å². The highest BCUT2D eigenvalue weighted by Gasteiger charge is 2.42. The molecular weight excluding hydrogens is 248 g/mol. The van der Waals surface area contributed by atoms with Gasteiger partial charge in [-0.2, -0.15) is 0 Å². The summed E-state index contributed by atoms with van der Waals surface area (Å²) in [6, 6.07) is 4.81. The Hall–Kier alpha value is -1.66. The summed E-state index contributed by atoms with van der Waals surface area (Å²) in [4.78, 5) is 10.6. The first-order valence-electron chi connectivity index (χ1n) is 6.32. The minimum Gasteiger partial charge on any atom is -0.480 e. The number of nitro benzene ring substituents is 1. The van der Waals surface area contributed by atoms with Gasteiger partial charge in [-0.1, -0.05) is 12.1 Å². The van der Waals surface area contributed by atoms with Crippen LogP contribution in [0.25, 0.3) is 0 Å². The van der Waals surface area contributed by atoms with Crippen molar-refractivity contribution in [1.29, 1.82) is 0 Å². The molecule has 0 aliphatic heterocycles. The molecule has 1 fully saturated rings. The summed E-state index contributed by atoms with van der Waals surface area (Å²) in [5, 5.41) is 11.0. The Morgan fingerprint density at radius 2 is 2.26 bits per heavy atom. The van der Waals surface area contributed by atoms with Gasteiger partial charge in [0.15, 0.2) is 5.75 Å². The van der Waals surface area contributed by atoms with Crippen molar-refractivity contribution >= 4 is 5.69 Å². The van der Waals surface area contributed by atoms with Crippen molar-refractivity contribution in [2.45, 2.75) is 38.5 Å². The van der Waals surface area contributed by atoms with E-state index in [-0.39, 0.29) is 23.9 Å². The molecule has 1 aliphatic rings. The molecule has 0 radical (unpaired) electrons. The van der Waals surface area contributed by atoms with E-state index < -0.39 is 4.92 Å². The standard InChI is InChI=1S/C13H18N2O4/c1-3-18-13-9(14)7-11(13)19-12-8(2)5-4-6-10(12)15(16)17/h4-6,9,11,13H,3,7,14H2,1-2H3. The SMILES string of the molecule is CCOC1C(N)CC1Oc1c(C)cccc1[N+](=O)[O-]. The Labute approximate surface area is 111 Å². The molecule has 0 amide bonds. The molecule has 0 aromatic heterocycles. The van der Waals surface area contributed by atoms with Crippen molar-refractivity contribution in [1.82, 2.24) is 0 Å². The number of para-hydroxylation sites is 1. The first-order valence-corrected chi connectivity index (χ1v) is 6.32. The number of nitrogens with zero attached hydrogens (tertiary/aromatic N) is 1. The van der Waals surface area contributed by atoms with E-state index in [1.807, 2.05) is 6.92 Å². The second kappa shape index (κ2) is 5.54. The van der Waals surface area contributed by atoms with E-state index in [4.69, 9.17) is 15.2 Å². The molecule has 1 saturated carbocycles. The second-order valence-corrected chi connectivity index (χ2v) is 4.66. The van der Waals surface area contributed by atoms with E-state index in [9.17, 15) is 10.1 Å². The van der Waals surface area contributed by atoms with Crippen molar-refractivity contribution in [3.63, 3.8) is 0 Å². The lowest BCUT2D eigenvalue weighted by atomic mass is 9.86. The van der Waals surface area contributed by atoms with Crippen molar-refractivity contribution in [2.75, 3.05) is 6.61 Å². The van der Waals surface area contributed by atoms with Gasteiger partial charge in [0.25, 0.3) is 0 Å². The third-order valence-corrected chi connectivity index (χ3v) is 3.31. The van der Waals surface area contributed by atoms with Gasteiger partial charge < -0.3 is 15.2 Å². The molecule has 3 unspecified atom stereocenters. The fourth-order valence-corrected chi connectivity index (χ4v) is 2.24. The summed E-state index contributed by atoms with van der Waals surface area (Å²) in [5.41, 5.74) is 6.57. The maximum atomic E-state index is 11.0. The Bertz CT molecular complexity index is 478. The number of hydrogen-bond acceptors (Lipinski definition) is 5. The minimum absolute atomic E-state index is 0.0179. The molecule has 0 saturated heterocycles. The highest BCUT2D eigenvalue weighted by molar-refractivity contribution is 5.51. The fraction of sp³-hybridized carbons (Fsp3) is 0.538. The van der Waals surface area contributed by atoms with E-state index in [2.05, 4.69) is 0 Å². The van der Waals surface area contributed by atoms with Crippen molar-refractivity contribution in [2.24, 2.45) is 5.73 Å². The van der Waals surface area contributed by atoms with Crippen molar-refractivity contribution < 1.29 is 14.4 Å². The topological polar surface area (TPSA) is 87.6 Å². The van der Waals surface area contributed by atoms with Crippen LogP contribution in [0.5, 0.6) is 5.75 Å². The van der Waals surface area contributed by atoms with Crippen LogP contribution in [-0.4, -0.2) is 29.8 Å². The van der Waals surface area contributed by atoms with Gasteiger partial charge in [-0.25, -0.2) is 0 Å². The van der Waals surface area contributed by atoms with Gasteiger partial charge in [0, 0.05) is 25.1 Å². The summed E-state index contributed by atoms with van der Waals surface area (Å²) in [6.45, 7) is 4.23. The van der Waals surface area contributed by atoms with E-state index >= 15 is 0 Å². The quantitative estimate of drug-likeness (QED) is 0.648. The van der Waals surface area contributed by atoms with Crippen LogP contribution in [0.1, 0.15) is 18.9 Å². The molecule has 19 heavy (non-hydrogen) atoms. The van der Waals surface area contributed by atoms with Gasteiger partial charge in [0.05, 0.1) is 4.92 Å². The third kappa shape index (κ3) is 2.69. The zero-order valence-electron chi connectivity index (χ0n) is 11.0. The molecular formula is C13H18N2O4. The first-order chi connectivity index (χ1) is 9.04. The van der Waals surface area contributed by atoms with E-state index in [0.717, 1.165) is 5.56 Å². The number of benzene rings is 1. The zero-order valence-corrected chi connectivity index (χ0v) is 11.0. The van der Waals surface area contributed by atoms with E-state index in [0.29, 0.717) is 18.8 Å². The smallest absolute Gasteiger partial charge is 0.311 e. The largest absolute Gasteiger partial charge is 0.480 e. The maximum absolute atomic E-state index is 11.0. The van der Waals surface area contributed by atoms with Crippen molar-refractivity contribution in [3.8, 4) is 5.75 Å². The van der Waals surface area contributed by atoms with Crippen LogP contribution < -0.4 is 10.5 Å². The molecule has 0 spiro atoms. The number of hydrogen-bond donors (Lipinski definition) is 1. The average molecular weight is 266 g/mol. The van der Waals surface area contributed by atoms with E-state index in [1.54, 1.807) is 19.1 Å². The number of rotatable bonds is 5. The Kier molecular flexibility index (Phi) is 4.01. The van der Waals surface area contributed by atoms with E-state index in [1.165, 1.54) is 6.07 Å². The van der Waals surface area contributed by atoms with Crippen LogP contribution in [0.2, 0.25) is 0 Å². The van der Waals surface area contributed by atoms with Gasteiger partial charge >= 0.3 is 5.69 Å². The number of nitrogens with two attached hydrogens (primary N) is 1. The summed E-state index contributed by atoms with van der Waals surface area (Å²) in [7, 11) is 0. The zero-order chi connectivity index (χ0) is 14.0. The Balaban J connectivity index is 2.17. The fourth-order valence-electron chi connectivity index (χ4n) is 2.24. The lowest BCUT2D eigenvalue weighted by Gasteiger charge is -2.41. The summed E-state index contributed by atoms with van der Waals surface area (Å²) in [6.07, 6.45) is 0.245.